The number of furan rings is 1. The Morgan fingerprint density at radius 2 is 1.94 bits per heavy atom. The highest BCUT2D eigenvalue weighted by Crippen LogP contribution is 2.34. The molecule has 0 aliphatic heterocycles. The van der Waals surface area contributed by atoms with Crippen LogP contribution in [0.15, 0.2) is 22.8 Å². The van der Waals surface area contributed by atoms with Gasteiger partial charge in [0.05, 0.1) is 6.26 Å². The minimum atomic E-state index is 0.109. The van der Waals surface area contributed by atoms with Gasteiger partial charge < -0.3 is 9.73 Å². The molecule has 0 saturated heterocycles. The molecule has 2 aromatic rings. The molecule has 18 heavy (non-hydrogen) atoms. The Bertz CT molecular complexity index is 546. The van der Waals surface area contributed by atoms with Gasteiger partial charge in [-0.15, -0.1) is 0 Å². The van der Waals surface area contributed by atoms with Crippen molar-refractivity contribution in [3.05, 3.63) is 35.1 Å². The summed E-state index contributed by atoms with van der Waals surface area (Å²) in [6.07, 6.45) is 2.94. The van der Waals surface area contributed by atoms with Gasteiger partial charge in [0.25, 0.3) is 0 Å². The molecule has 0 radical (unpaired) electrons. The molecule has 0 aliphatic carbocycles. The molecule has 0 fully saturated rings. The molecule has 98 valence electrons. The van der Waals surface area contributed by atoms with Crippen LogP contribution >= 0.6 is 0 Å². The Morgan fingerprint density at radius 1 is 1.22 bits per heavy atom. The largest absolute Gasteiger partial charge is 0.464 e. The van der Waals surface area contributed by atoms with E-state index in [-0.39, 0.29) is 5.41 Å². The zero-order valence-corrected chi connectivity index (χ0v) is 12.1. The van der Waals surface area contributed by atoms with Crippen molar-refractivity contribution in [1.82, 2.24) is 5.32 Å². The summed E-state index contributed by atoms with van der Waals surface area (Å²) < 4.78 is 5.82. The van der Waals surface area contributed by atoms with E-state index >= 15 is 0 Å². The van der Waals surface area contributed by atoms with E-state index in [4.69, 9.17) is 4.42 Å². The van der Waals surface area contributed by atoms with Crippen LogP contribution in [-0.2, 0) is 18.4 Å². The van der Waals surface area contributed by atoms with Crippen LogP contribution in [0.3, 0.4) is 0 Å². The first kappa shape index (κ1) is 13.2. The number of hydrogen-bond acceptors (Lipinski definition) is 2. The molecule has 1 heterocycles. The monoisotopic (exact) mass is 245 g/mol. The van der Waals surface area contributed by atoms with Crippen LogP contribution in [0.25, 0.3) is 11.0 Å². The second-order valence-electron chi connectivity index (χ2n) is 5.91. The Morgan fingerprint density at radius 3 is 2.50 bits per heavy atom. The Balaban J connectivity index is 2.70. The summed E-state index contributed by atoms with van der Waals surface area (Å²) in [5.74, 6) is 0. The summed E-state index contributed by atoms with van der Waals surface area (Å²) in [5.41, 5.74) is 5.08. The molecular weight excluding hydrogens is 222 g/mol. The molecule has 0 spiro atoms. The van der Waals surface area contributed by atoms with Crippen molar-refractivity contribution >= 4 is 11.0 Å². The summed E-state index contributed by atoms with van der Waals surface area (Å²) in [6, 6.07) is 4.55. The summed E-state index contributed by atoms with van der Waals surface area (Å²) in [6.45, 7) is 9.76. The fourth-order valence-electron chi connectivity index (χ4n) is 2.34. The minimum Gasteiger partial charge on any atom is -0.464 e. The maximum absolute atomic E-state index is 5.82. The summed E-state index contributed by atoms with van der Waals surface area (Å²) >= 11 is 0. The van der Waals surface area contributed by atoms with Gasteiger partial charge in [-0.2, -0.15) is 0 Å². The van der Waals surface area contributed by atoms with Crippen molar-refractivity contribution in [2.75, 3.05) is 7.05 Å². The van der Waals surface area contributed by atoms with Gasteiger partial charge in [0.1, 0.15) is 5.58 Å². The Kier molecular flexibility index (Phi) is 3.49. The highest BCUT2D eigenvalue weighted by molar-refractivity contribution is 5.85. The van der Waals surface area contributed by atoms with Gasteiger partial charge in [-0.25, -0.2) is 0 Å². The van der Waals surface area contributed by atoms with Crippen LogP contribution in [-0.4, -0.2) is 7.05 Å². The third-order valence-corrected chi connectivity index (χ3v) is 3.40. The van der Waals surface area contributed by atoms with E-state index in [0.717, 1.165) is 18.5 Å². The van der Waals surface area contributed by atoms with Crippen LogP contribution in [0.5, 0.6) is 0 Å². The molecule has 0 bridgehead atoms. The van der Waals surface area contributed by atoms with Crippen LogP contribution in [0, 0.1) is 0 Å². The van der Waals surface area contributed by atoms with E-state index in [9.17, 15) is 0 Å². The van der Waals surface area contributed by atoms with E-state index in [0.29, 0.717) is 0 Å². The number of benzene rings is 1. The van der Waals surface area contributed by atoms with E-state index in [1.807, 2.05) is 13.3 Å². The van der Waals surface area contributed by atoms with Crippen LogP contribution in [0.4, 0.5) is 0 Å². The van der Waals surface area contributed by atoms with E-state index in [1.165, 1.54) is 22.1 Å². The molecule has 1 aromatic carbocycles. The van der Waals surface area contributed by atoms with Gasteiger partial charge in [-0.05, 0) is 30.5 Å². The van der Waals surface area contributed by atoms with Crippen molar-refractivity contribution in [3.63, 3.8) is 0 Å². The number of hydrogen-bond donors (Lipinski definition) is 1. The first-order chi connectivity index (χ1) is 8.47. The van der Waals surface area contributed by atoms with Crippen molar-refractivity contribution in [2.45, 2.75) is 46.1 Å². The predicted molar refractivity (Wildman–Crippen MR) is 77.1 cm³/mol. The first-order valence-electron chi connectivity index (χ1n) is 6.65. The molecule has 2 nitrogen and oxygen atoms in total. The summed E-state index contributed by atoms with van der Waals surface area (Å²) in [4.78, 5) is 0. The average Bonchev–Trinajstić information content (AvgIpc) is 2.70. The lowest BCUT2D eigenvalue weighted by molar-refractivity contribution is 0.556. The van der Waals surface area contributed by atoms with Crippen LogP contribution in [0.1, 0.15) is 44.4 Å². The zero-order valence-electron chi connectivity index (χ0n) is 12.1. The quantitative estimate of drug-likeness (QED) is 0.883. The lowest BCUT2D eigenvalue weighted by atomic mass is 9.84. The molecule has 2 heteroatoms. The number of fused-ring (bicyclic) bond motifs is 1. The van der Waals surface area contributed by atoms with Gasteiger partial charge in [-0.1, -0.05) is 33.8 Å². The lowest BCUT2D eigenvalue weighted by Crippen LogP contribution is -2.12. The van der Waals surface area contributed by atoms with Crippen molar-refractivity contribution < 1.29 is 4.42 Å². The second kappa shape index (κ2) is 4.77. The highest BCUT2D eigenvalue weighted by atomic mass is 16.3. The average molecular weight is 245 g/mol. The Hall–Kier alpha value is -1.28. The fourth-order valence-corrected chi connectivity index (χ4v) is 2.34. The van der Waals surface area contributed by atoms with Crippen molar-refractivity contribution in [3.8, 4) is 0 Å². The molecular formula is C16H23NO. The fraction of sp³-hybridized carbons (Fsp3) is 0.500. The van der Waals surface area contributed by atoms with E-state index in [1.54, 1.807) is 0 Å². The maximum Gasteiger partial charge on any atom is 0.137 e. The minimum absolute atomic E-state index is 0.109. The number of nitrogens with one attached hydrogen (secondary N) is 1. The van der Waals surface area contributed by atoms with Crippen LogP contribution in [0.2, 0.25) is 0 Å². The first-order valence-corrected chi connectivity index (χ1v) is 6.65. The van der Waals surface area contributed by atoms with Gasteiger partial charge in [0, 0.05) is 23.1 Å². The molecule has 0 amide bonds. The van der Waals surface area contributed by atoms with Crippen LogP contribution < -0.4 is 5.32 Å². The number of aryl methyl sites for hydroxylation is 1. The van der Waals surface area contributed by atoms with E-state index in [2.05, 4.69) is 45.1 Å². The molecule has 1 N–H and O–H groups in total. The van der Waals surface area contributed by atoms with Crippen molar-refractivity contribution in [1.29, 1.82) is 0 Å². The van der Waals surface area contributed by atoms with Gasteiger partial charge >= 0.3 is 0 Å². The highest BCUT2D eigenvalue weighted by Gasteiger charge is 2.21. The molecule has 1 aromatic heterocycles. The Labute approximate surface area is 109 Å². The van der Waals surface area contributed by atoms with E-state index < -0.39 is 0 Å². The smallest absolute Gasteiger partial charge is 0.137 e. The van der Waals surface area contributed by atoms with Gasteiger partial charge in [0.15, 0.2) is 0 Å². The molecule has 0 unspecified atom stereocenters. The SMILES string of the molecule is CCc1cc(C(C)(C)C)c2occ(CNC)c2c1. The van der Waals surface area contributed by atoms with Gasteiger partial charge in [0.2, 0.25) is 0 Å². The third kappa shape index (κ3) is 2.30. The topological polar surface area (TPSA) is 25.2 Å². The standard InChI is InChI=1S/C16H23NO/c1-6-11-7-13-12(9-17-5)10-18-15(13)14(8-11)16(2,3)4/h7-8,10,17H,6,9H2,1-5H3. The summed E-state index contributed by atoms with van der Waals surface area (Å²) in [7, 11) is 1.97. The molecule has 0 aliphatic rings. The molecule has 2 rings (SSSR count). The predicted octanol–water partition coefficient (Wildman–Crippen LogP) is 4.01. The zero-order chi connectivity index (χ0) is 13.3. The maximum atomic E-state index is 5.82. The normalized spacial score (nSPS) is 12.3. The molecule has 0 atom stereocenters. The summed E-state index contributed by atoms with van der Waals surface area (Å²) in [5, 5.41) is 4.46. The third-order valence-electron chi connectivity index (χ3n) is 3.40. The van der Waals surface area contributed by atoms with Gasteiger partial charge in [-0.3, -0.25) is 0 Å². The second-order valence-corrected chi connectivity index (χ2v) is 5.91. The van der Waals surface area contributed by atoms with Crippen molar-refractivity contribution in [2.24, 2.45) is 0 Å². The lowest BCUT2D eigenvalue weighted by Gasteiger charge is -2.20. The molecule has 0 saturated carbocycles. The number of rotatable bonds is 3.